The molecule has 1 saturated carbocycles. The molecule has 38 heavy (non-hydrogen) atoms. The average Bonchev–Trinajstić information content (AvgIpc) is 3.26. The number of allylic oxidation sites excluding steroid dienone is 4. The van der Waals surface area contributed by atoms with Crippen LogP contribution < -0.4 is 16.0 Å². The zero-order chi connectivity index (χ0) is 28.0. The minimum absolute atomic E-state index is 0.188. The van der Waals surface area contributed by atoms with Crippen molar-refractivity contribution < 1.29 is 23.5 Å². The van der Waals surface area contributed by atoms with E-state index in [1.54, 1.807) is 19.1 Å². The lowest BCUT2D eigenvalue weighted by Crippen LogP contribution is -2.57. The molecule has 2 heterocycles. The van der Waals surface area contributed by atoms with Gasteiger partial charge in [-0.15, -0.1) is 0 Å². The number of alkyl halides is 1. The molecule has 0 unspecified atom stereocenters. The summed E-state index contributed by atoms with van der Waals surface area (Å²) in [5, 5.41) is 20.1. The summed E-state index contributed by atoms with van der Waals surface area (Å²) in [5.41, 5.74) is -0.517. The van der Waals surface area contributed by atoms with Gasteiger partial charge >= 0.3 is 0 Å². The highest BCUT2D eigenvalue weighted by Gasteiger charge is 2.65. The van der Waals surface area contributed by atoms with E-state index in [0.29, 0.717) is 41.1 Å². The van der Waals surface area contributed by atoms with Crippen LogP contribution in [0, 0.1) is 11.3 Å². The van der Waals surface area contributed by atoms with E-state index in [4.69, 9.17) is 11.6 Å². The lowest BCUT2D eigenvalue weighted by atomic mass is 9.62. The maximum atomic E-state index is 14.0. The lowest BCUT2D eigenvalue weighted by molar-refractivity contribution is -0.127. The molecule has 206 valence electrons. The van der Waals surface area contributed by atoms with Crippen LogP contribution in [0.2, 0.25) is 5.02 Å². The summed E-state index contributed by atoms with van der Waals surface area (Å²) < 4.78 is 26.1. The molecule has 6 nitrogen and oxygen atoms in total. The first-order valence-electron chi connectivity index (χ1n) is 12.9. The quantitative estimate of drug-likeness (QED) is 0.366. The summed E-state index contributed by atoms with van der Waals surface area (Å²) in [5.74, 6) is -2.26. The molecule has 2 aliphatic heterocycles. The van der Waals surface area contributed by atoms with Gasteiger partial charge < -0.3 is 21.1 Å². The fourth-order valence-electron chi connectivity index (χ4n) is 6.29. The van der Waals surface area contributed by atoms with E-state index in [1.165, 1.54) is 12.2 Å². The summed E-state index contributed by atoms with van der Waals surface area (Å²) in [7, 11) is 0. The van der Waals surface area contributed by atoms with Crippen LogP contribution in [0.25, 0.3) is 0 Å². The van der Waals surface area contributed by atoms with Gasteiger partial charge in [-0.3, -0.25) is 9.59 Å². The first-order chi connectivity index (χ1) is 17.7. The fraction of sp³-hybridized carbons (Fsp3) is 0.517. The second-order valence-corrected chi connectivity index (χ2v) is 12.7. The minimum atomic E-state index is -1.23. The standard InChI is InChI=1S/C29H36ClF2N3O3/c1-16(7-6-8-18(32)15-31)23-24(25(36)33-19-12-28(5,38)13-19)35-22(14-27(2,3)4)29(23)20-10-9-17(30)11-21(20)34-26(29)37/h6-11,19,22-24,35,38H,1,12-15H2,2-5H3,(H,33,36)(H,34,37)/b7-6-,18-8+/t19-,22-,23+,24-,28+,29+/m1/s1. The summed E-state index contributed by atoms with van der Waals surface area (Å²) in [6.07, 6.45) is 5.30. The van der Waals surface area contributed by atoms with E-state index in [-0.39, 0.29) is 23.3 Å². The van der Waals surface area contributed by atoms with Crippen LogP contribution in [0.1, 0.15) is 52.5 Å². The third kappa shape index (κ3) is 5.31. The number of amides is 2. The van der Waals surface area contributed by atoms with E-state index in [9.17, 15) is 23.5 Å². The van der Waals surface area contributed by atoms with Gasteiger partial charge in [-0.2, -0.15) is 0 Å². The van der Waals surface area contributed by atoms with Crippen molar-refractivity contribution in [3.05, 3.63) is 65.0 Å². The Bertz CT molecular complexity index is 1200. The molecule has 0 aromatic heterocycles. The maximum absolute atomic E-state index is 14.0. The molecule has 0 radical (unpaired) electrons. The smallest absolute Gasteiger partial charge is 0.238 e. The second-order valence-electron chi connectivity index (χ2n) is 12.2. The average molecular weight is 548 g/mol. The van der Waals surface area contributed by atoms with E-state index in [0.717, 1.165) is 6.08 Å². The number of benzene rings is 1. The predicted molar refractivity (Wildman–Crippen MR) is 145 cm³/mol. The Morgan fingerprint density at radius 2 is 2.03 bits per heavy atom. The van der Waals surface area contributed by atoms with Crippen LogP contribution >= 0.6 is 11.6 Å². The molecular formula is C29H36ClF2N3O3. The van der Waals surface area contributed by atoms with Crippen molar-refractivity contribution in [2.75, 3.05) is 12.0 Å². The van der Waals surface area contributed by atoms with Crippen LogP contribution in [0.4, 0.5) is 14.5 Å². The van der Waals surface area contributed by atoms with E-state index < -0.39 is 41.5 Å². The molecule has 1 saturated heterocycles. The van der Waals surface area contributed by atoms with Crippen molar-refractivity contribution in [1.29, 1.82) is 0 Å². The Kier molecular flexibility index (Phi) is 7.64. The molecule has 1 aromatic rings. The van der Waals surface area contributed by atoms with Gasteiger partial charge in [-0.1, -0.05) is 57.2 Å². The lowest BCUT2D eigenvalue weighted by Gasteiger charge is -2.42. The molecule has 0 bridgehead atoms. The van der Waals surface area contributed by atoms with Crippen molar-refractivity contribution in [1.82, 2.24) is 10.6 Å². The summed E-state index contributed by atoms with van der Waals surface area (Å²) >= 11 is 6.25. The SMILES string of the molecule is C=C(/C=C\C=C(\F)CF)[C@H]1[C@H](C(=O)N[C@H]2C[C@@](C)(O)C2)N[C@H](CC(C)(C)C)[C@]12C(=O)Nc1cc(Cl)ccc12. The molecule has 2 amide bonds. The first kappa shape index (κ1) is 28.5. The number of carbonyl (C=O) groups is 2. The van der Waals surface area contributed by atoms with Gasteiger partial charge in [-0.25, -0.2) is 8.78 Å². The van der Waals surface area contributed by atoms with Gasteiger partial charge in [0.2, 0.25) is 11.8 Å². The van der Waals surface area contributed by atoms with Gasteiger partial charge in [0.15, 0.2) is 0 Å². The minimum Gasteiger partial charge on any atom is -0.390 e. The topological polar surface area (TPSA) is 90.5 Å². The Morgan fingerprint density at radius 3 is 2.63 bits per heavy atom. The van der Waals surface area contributed by atoms with Crippen molar-refractivity contribution in [3.63, 3.8) is 0 Å². The number of fused-ring (bicyclic) bond motifs is 2. The normalized spacial score (nSPS) is 32.8. The largest absolute Gasteiger partial charge is 0.390 e. The van der Waals surface area contributed by atoms with Crippen LogP contribution in [0.3, 0.4) is 0 Å². The number of rotatable bonds is 7. The molecule has 1 spiro atoms. The molecule has 4 N–H and O–H groups in total. The van der Waals surface area contributed by atoms with Crippen LogP contribution in [-0.2, 0) is 15.0 Å². The first-order valence-corrected chi connectivity index (χ1v) is 13.2. The molecule has 1 aliphatic carbocycles. The Labute approximate surface area is 227 Å². The molecule has 1 aromatic carbocycles. The van der Waals surface area contributed by atoms with Crippen LogP contribution in [0.15, 0.2) is 54.4 Å². The van der Waals surface area contributed by atoms with E-state index >= 15 is 0 Å². The van der Waals surface area contributed by atoms with Crippen molar-refractivity contribution in [3.8, 4) is 0 Å². The maximum Gasteiger partial charge on any atom is 0.238 e. The molecular weight excluding hydrogens is 512 g/mol. The number of aliphatic hydroxyl groups is 1. The summed E-state index contributed by atoms with van der Waals surface area (Å²) in [6.45, 7) is 10.9. The van der Waals surface area contributed by atoms with Gasteiger partial charge in [0.1, 0.15) is 17.9 Å². The zero-order valence-electron chi connectivity index (χ0n) is 22.2. The summed E-state index contributed by atoms with van der Waals surface area (Å²) in [6, 6.07) is 3.74. The third-order valence-electron chi connectivity index (χ3n) is 7.74. The highest BCUT2D eigenvalue weighted by atomic mass is 35.5. The molecule has 3 aliphatic rings. The zero-order valence-corrected chi connectivity index (χ0v) is 23.0. The van der Waals surface area contributed by atoms with Crippen LogP contribution in [0.5, 0.6) is 0 Å². The predicted octanol–water partition coefficient (Wildman–Crippen LogP) is 4.89. The van der Waals surface area contributed by atoms with E-state index in [1.807, 2.05) is 6.07 Å². The number of hydrogen-bond donors (Lipinski definition) is 4. The van der Waals surface area contributed by atoms with Crippen LogP contribution in [-0.4, -0.2) is 47.3 Å². The number of carbonyl (C=O) groups excluding carboxylic acids is 2. The number of hydrogen-bond acceptors (Lipinski definition) is 4. The molecule has 2 fully saturated rings. The van der Waals surface area contributed by atoms with Crippen molar-refractivity contribution >= 4 is 29.1 Å². The Balaban J connectivity index is 1.82. The number of nitrogens with one attached hydrogen (secondary N) is 3. The fourth-order valence-corrected chi connectivity index (χ4v) is 6.46. The van der Waals surface area contributed by atoms with Gasteiger partial charge in [0.05, 0.1) is 11.6 Å². The monoisotopic (exact) mass is 547 g/mol. The van der Waals surface area contributed by atoms with Crippen molar-refractivity contribution in [2.45, 2.75) is 76.1 Å². The summed E-state index contributed by atoms with van der Waals surface area (Å²) in [4.78, 5) is 27.7. The highest BCUT2D eigenvalue weighted by molar-refractivity contribution is 6.31. The number of halogens is 3. The number of anilines is 1. The van der Waals surface area contributed by atoms with Gasteiger partial charge in [0.25, 0.3) is 0 Å². The Morgan fingerprint density at radius 1 is 1.34 bits per heavy atom. The van der Waals surface area contributed by atoms with Gasteiger partial charge in [0, 0.05) is 28.7 Å². The van der Waals surface area contributed by atoms with E-state index in [2.05, 4.69) is 43.3 Å². The molecule has 4 atom stereocenters. The van der Waals surface area contributed by atoms with Crippen molar-refractivity contribution in [2.24, 2.45) is 11.3 Å². The Hall–Kier alpha value is -2.55. The molecule has 9 heteroatoms. The second kappa shape index (κ2) is 10.2. The highest BCUT2D eigenvalue weighted by Crippen LogP contribution is 2.55. The third-order valence-corrected chi connectivity index (χ3v) is 7.97. The van der Waals surface area contributed by atoms with Gasteiger partial charge in [-0.05, 0) is 60.9 Å². The molecule has 4 rings (SSSR count).